The number of pyridine rings is 1. The van der Waals surface area contributed by atoms with Crippen LogP contribution in [-0.4, -0.2) is 35.3 Å². The zero-order valence-corrected chi connectivity index (χ0v) is 13.5. The molecule has 1 N–H and O–H groups in total. The Hall–Kier alpha value is -2.21. The minimum atomic E-state index is -0.248. The van der Waals surface area contributed by atoms with Crippen molar-refractivity contribution in [2.45, 2.75) is 19.4 Å². The Morgan fingerprint density at radius 2 is 2.23 bits per heavy atom. The van der Waals surface area contributed by atoms with Crippen molar-refractivity contribution in [2.75, 3.05) is 13.6 Å². The Morgan fingerprint density at radius 1 is 1.41 bits per heavy atom. The SMILES string of the molecule is C[C@@H](C(=O)NCC(=O)N(C)Cc1cccnc1)c1ccsc1. The van der Waals surface area contributed by atoms with Crippen molar-refractivity contribution in [1.29, 1.82) is 0 Å². The number of carbonyl (C=O) groups excluding carboxylic acids is 2. The van der Waals surface area contributed by atoms with Gasteiger partial charge in [-0.25, -0.2) is 0 Å². The predicted molar refractivity (Wildman–Crippen MR) is 86.5 cm³/mol. The molecule has 0 aliphatic rings. The molecule has 2 heterocycles. The van der Waals surface area contributed by atoms with Crippen molar-refractivity contribution in [3.63, 3.8) is 0 Å². The lowest BCUT2D eigenvalue weighted by Crippen LogP contribution is -2.39. The van der Waals surface area contributed by atoms with Crippen molar-refractivity contribution in [1.82, 2.24) is 15.2 Å². The molecule has 0 aliphatic heterocycles. The van der Waals surface area contributed by atoms with E-state index in [1.54, 1.807) is 35.7 Å². The van der Waals surface area contributed by atoms with Crippen LogP contribution in [0.15, 0.2) is 41.4 Å². The molecule has 0 aromatic carbocycles. The van der Waals surface area contributed by atoms with Crippen LogP contribution in [0.25, 0.3) is 0 Å². The van der Waals surface area contributed by atoms with Gasteiger partial charge >= 0.3 is 0 Å². The van der Waals surface area contributed by atoms with E-state index in [1.807, 2.05) is 35.9 Å². The van der Waals surface area contributed by atoms with Gasteiger partial charge in [-0.1, -0.05) is 6.07 Å². The summed E-state index contributed by atoms with van der Waals surface area (Å²) in [7, 11) is 1.71. The van der Waals surface area contributed by atoms with Gasteiger partial charge < -0.3 is 10.2 Å². The number of rotatable bonds is 6. The van der Waals surface area contributed by atoms with Crippen molar-refractivity contribution in [3.8, 4) is 0 Å². The van der Waals surface area contributed by atoms with Crippen LogP contribution in [0.2, 0.25) is 0 Å². The fraction of sp³-hybridized carbons (Fsp3) is 0.312. The van der Waals surface area contributed by atoms with E-state index in [0.717, 1.165) is 11.1 Å². The second-order valence-electron chi connectivity index (χ2n) is 5.11. The maximum absolute atomic E-state index is 12.1. The number of carbonyl (C=O) groups is 2. The lowest BCUT2D eigenvalue weighted by atomic mass is 10.0. The molecule has 0 spiro atoms. The largest absolute Gasteiger partial charge is 0.347 e. The van der Waals surface area contributed by atoms with Crippen molar-refractivity contribution in [3.05, 3.63) is 52.5 Å². The van der Waals surface area contributed by atoms with E-state index < -0.39 is 0 Å². The molecule has 2 amide bonds. The number of hydrogen-bond donors (Lipinski definition) is 1. The number of amides is 2. The summed E-state index contributed by atoms with van der Waals surface area (Å²) in [5.74, 6) is -0.515. The highest BCUT2D eigenvalue weighted by molar-refractivity contribution is 7.08. The first-order valence-corrected chi connectivity index (χ1v) is 7.95. The number of nitrogens with one attached hydrogen (secondary N) is 1. The van der Waals surface area contributed by atoms with Crippen LogP contribution in [0.5, 0.6) is 0 Å². The van der Waals surface area contributed by atoms with E-state index in [0.29, 0.717) is 6.54 Å². The van der Waals surface area contributed by atoms with Crippen LogP contribution < -0.4 is 5.32 Å². The third-order valence-electron chi connectivity index (χ3n) is 3.42. The number of likely N-dealkylation sites (N-methyl/N-ethyl adjacent to an activating group) is 1. The van der Waals surface area contributed by atoms with Crippen LogP contribution in [0.1, 0.15) is 24.0 Å². The molecule has 5 nitrogen and oxygen atoms in total. The maximum atomic E-state index is 12.1. The zero-order valence-electron chi connectivity index (χ0n) is 12.7. The van der Waals surface area contributed by atoms with Gasteiger partial charge in [-0.05, 0) is 40.9 Å². The highest BCUT2D eigenvalue weighted by Crippen LogP contribution is 2.17. The van der Waals surface area contributed by atoms with E-state index >= 15 is 0 Å². The second kappa shape index (κ2) is 7.70. The third kappa shape index (κ3) is 4.39. The van der Waals surface area contributed by atoms with Crippen molar-refractivity contribution in [2.24, 2.45) is 0 Å². The molecule has 0 bridgehead atoms. The molecule has 2 aromatic heterocycles. The topological polar surface area (TPSA) is 62.3 Å². The van der Waals surface area contributed by atoms with E-state index in [1.165, 1.54) is 0 Å². The minimum Gasteiger partial charge on any atom is -0.347 e. The zero-order chi connectivity index (χ0) is 15.9. The Kier molecular flexibility index (Phi) is 5.66. The molecule has 0 saturated heterocycles. The molecule has 1 atom stereocenters. The molecule has 0 aliphatic carbocycles. The van der Waals surface area contributed by atoms with Gasteiger partial charge in [0.2, 0.25) is 11.8 Å². The van der Waals surface area contributed by atoms with E-state index in [2.05, 4.69) is 10.3 Å². The molecule has 2 aromatic rings. The first-order valence-electron chi connectivity index (χ1n) is 7.00. The highest BCUT2D eigenvalue weighted by atomic mass is 32.1. The first-order chi connectivity index (χ1) is 10.6. The third-order valence-corrected chi connectivity index (χ3v) is 4.12. The summed E-state index contributed by atoms with van der Waals surface area (Å²) in [6, 6.07) is 5.66. The first kappa shape index (κ1) is 16.2. The number of aromatic nitrogens is 1. The normalized spacial score (nSPS) is 11.7. The minimum absolute atomic E-state index is 0.00404. The van der Waals surface area contributed by atoms with Gasteiger partial charge in [-0.15, -0.1) is 0 Å². The molecule has 0 radical (unpaired) electrons. The van der Waals surface area contributed by atoms with Crippen molar-refractivity contribution >= 4 is 23.2 Å². The summed E-state index contributed by atoms with van der Waals surface area (Å²) in [4.78, 5) is 29.7. The number of hydrogen-bond acceptors (Lipinski definition) is 4. The van der Waals surface area contributed by atoms with Gasteiger partial charge in [-0.3, -0.25) is 14.6 Å². The van der Waals surface area contributed by atoms with E-state index in [-0.39, 0.29) is 24.3 Å². The average Bonchev–Trinajstić information content (AvgIpc) is 3.06. The molecular formula is C16H19N3O2S. The molecule has 0 fully saturated rings. The van der Waals surface area contributed by atoms with Crippen LogP contribution in [0, 0.1) is 0 Å². The van der Waals surface area contributed by atoms with Gasteiger partial charge in [0.25, 0.3) is 0 Å². The molecular weight excluding hydrogens is 298 g/mol. The molecule has 116 valence electrons. The standard InChI is InChI=1S/C16H19N3O2S/c1-12(14-5-7-22-11-14)16(21)18-9-15(20)19(2)10-13-4-3-6-17-8-13/h3-8,11-12H,9-10H2,1-2H3,(H,18,21)/t12-/m1/s1. The molecule has 0 unspecified atom stereocenters. The predicted octanol–water partition coefficient (Wildman–Crippen LogP) is 2.02. The summed E-state index contributed by atoms with van der Waals surface area (Å²) in [6.45, 7) is 2.31. The van der Waals surface area contributed by atoms with Gasteiger partial charge in [0.05, 0.1) is 12.5 Å². The number of thiophene rings is 1. The van der Waals surface area contributed by atoms with Crippen LogP contribution in [0.4, 0.5) is 0 Å². The van der Waals surface area contributed by atoms with Gasteiger partial charge in [0, 0.05) is 26.0 Å². The molecule has 6 heteroatoms. The lowest BCUT2D eigenvalue weighted by Gasteiger charge is -2.18. The maximum Gasteiger partial charge on any atom is 0.242 e. The van der Waals surface area contributed by atoms with Crippen LogP contribution in [0.3, 0.4) is 0 Å². The van der Waals surface area contributed by atoms with Gasteiger partial charge in [0.1, 0.15) is 0 Å². The average molecular weight is 317 g/mol. The monoisotopic (exact) mass is 317 g/mol. The Morgan fingerprint density at radius 3 is 2.86 bits per heavy atom. The summed E-state index contributed by atoms with van der Waals surface area (Å²) >= 11 is 1.55. The Labute approximate surface area is 134 Å². The number of nitrogens with zero attached hydrogens (tertiary/aromatic N) is 2. The second-order valence-corrected chi connectivity index (χ2v) is 5.89. The Bertz CT molecular complexity index is 614. The van der Waals surface area contributed by atoms with Gasteiger partial charge in [0.15, 0.2) is 0 Å². The highest BCUT2D eigenvalue weighted by Gasteiger charge is 2.17. The fourth-order valence-corrected chi connectivity index (χ4v) is 2.73. The molecule has 22 heavy (non-hydrogen) atoms. The molecule has 0 saturated carbocycles. The quantitative estimate of drug-likeness (QED) is 0.886. The molecule has 2 rings (SSSR count). The lowest BCUT2D eigenvalue weighted by molar-refractivity contribution is -0.132. The van der Waals surface area contributed by atoms with Gasteiger partial charge in [-0.2, -0.15) is 11.3 Å². The summed E-state index contributed by atoms with van der Waals surface area (Å²) in [5.41, 5.74) is 1.93. The van der Waals surface area contributed by atoms with E-state index in [4.69, 9.17) is 0 Å². The van der Waals surface area contributed by atoms with Crippen molar-refractivity contribution < 1.29 is 9.59 Å². The van der Waals surface area contributed by atoms with E-state index in [9.17, 15) is 9.59 Å². The smallest absolute Gasteiger partial charge is 0.242 e. The van der Waals surface area contributed by atoms with Crippen LogP contribution in [-0.2, 0) is 16.1 Å². The summed E-state index contributed by atoms with van der Waals surface area (Å²) in [5, 5.41) is 6.58. The van der Waals surface area contributed by atoms with Crippen LogP contribution >= 0.6 is 11.3 Å². The summed E-state index contributed by atoms with van der Waals surface area (Å²) in [6.07, 6.45) is 3.42. The Balaban J connectivity index is 1.80. The summed E-state index contributed by atoms with van der Waals surface area (Å²) < 4.78 is 0. The fourth-order valence-electron chi connectivity index (χ4n) is 1.98.